The highest BCUT2D eigenvalue weighted by atomic mass is 35.5. The number of hydrogen-bond acceptors (Lipinski definition) is 2. The van der Waals surface area contributed by atoms with Gasteiger partial charge in [0.15, 0.2) is 0 Å². The Morgan fingerprint density at radius 3 is 2.62 bits per heavy atom. The second-order valence-electron chi connectivity index (χ2n) is 3.82. The van der Waals surface area contributed by atoms with Crippen molar-refractivity contribution in [2.45, 2.75) is 13.3 Å². The number of rotatable bonds is 4. The first-order valence-corrected chi connectivity index (χ1v) is 5.69. The molecule has 0 atom stereocenters. The lowest BCUT2D eigenvalue weighted by Gasteiger charge is -2.12. The van der Waals surface area contributed by atoms with Crippen LogP contribution in [-0.2, 0) is 0 Å². The molecule has 1 amide bonds. The van der Waals surface area contributed by atoms with Crippen LogP contribution < -0.4 is 5.32 Å². The van der Waals surface area contributed by atoms with Crippen molar-refractivity contribution in [3.05, 3.63) is 28.8 Å². The van der Waals surface area contributed by atoms with Crippen LogP contribution in [-0.4, -0.2) is 31.4 Å². The van der Waals surface area contributed by atoms with E-state index in [0.717, 1.165) is 18.7 Å². The Morgan fingerprint density at radius 2 is 2.12 bits per heavy atom. The highest BCUT2D eigenvalue weighted by Gasteiger charge is 2.12. The average molecular weight is 241 g/mol. The Balaban J connectivity index is 2.87. The number of nitrogens with one attached hydrogen (secondary N) is 1. The monoisotopic (exact) mass is 240 g/mol. The van der Waals surface area contributed by atoms with Crippen molar-refractivity contribution in [1.29, 1.82) is 0 Å². The van der Waals surface area contributed by atoms with Crippen molar-refractivity contribution in [1.82, 2.24) is 4.90 Å². The molecule has 0 radical (unpaired) electrons. The molecule has 1 aromatic rings. The minimum Gasteiger partial charge on any atom is -0.385 e. The van der Waals surface area contributed by atoms with Crippen LogP contribution in [0.2, 0.25) is 5.02 Å². The summed E-state index contributed by atoms with van der Waals surface area (Å²) in [6.45, 7) is 3.00. The van der Waals surface area contributed by atoms with E-state index < -0.39 is 0 Å². The molecule has 16 heavy (non-hydrogen) atoms. The molecule has 4 heteroatoms. The number of anilines is 1. The van der Waals surface area contributed by atoms with Crippen LogP contribution in [0.1, 0.15) is 23.7 Å². The highest BCUT2D eigenvalue weighted by molar-refractivity contribution is 6.34. The molecule has 0 aromatic heterocycles. The van der Waals surface area contributed by atoms with Gasteiger partial charge in [-0.25, -0.2) is 0 Å². The molecule has 1 N–H and O–H groups in total. The smallest absolute Gasteiger partial charge is 0.254 e. The molecular weight excluding hydrogens is 224 g/mol. The normalized spacial score (nSPS) is 10.0. The molecule has 0 aliphatic heterocycles. The van der Waals surface area contributed by atoms with Gasteiger partial charge in [0.2, 0.25) is 0 Å². The summed E-state index contributed by atoms with van der Waals surface area (Å²) >= 11 is 6.06. The molecular formula is C12H17ClN2O. The average Bonchev–Trinajstić information content (AvgIpc) is 2.25. The van der Waals surface area contributed by atoms with E-state index in [1.54, 1.807) is 26.2 Å². The maximum atomic E-state index is 11.7. The number of carbonyl (C=O) groups is 1. The fourth-order valence-electron chi connectivity index (χ4n) is 1.31. The van der Waals surface area contributed by atoms with Crippen molar-refractivity contribution in [3.63, 3.8) is 0 Å². The molecule has 3 nitrogen and oxygen atoms in total. The van der Waals surface area contributed by atoms with E-state index in [4.69, 9.17) is 11.6 Å². The van der Waals surface area contributed by atoms with Crippen LogP contribution in [0.4, 0.5) is 5.69 Å². The second-order valence-corrected chi connectivity index (χ2v) is 4.23. The Morgan fingerprint density at radius 1 is 1.44 bits per heavy atom. The third kappa shape index (κ3) is 3.14. The molecule has 1 rings (SSSR count). The molecule has 0 aliphatic carbocycles. The lowest BCUT2D eigenvalue weighted by Crippen LogP contribution is -2.22. The molecule has 0 unspecified atom stereocenters. The molecule has 0 heterocycles. The zero-order valence-electron chi connectivity index (χ0n) is 9.88. The van der Waals surface area contributed by atoms with Gasteiger partial charge >= 0.3 is 0 Å². The van der Waals surface area contributed by atoms with Crippen LogP contribution in [0.15, 0.2) is 18.2 Å². The van der Waals surface area contributed by atoms with E-state index >= 15 is 0 Å². The summed E-state index contributed by atoms with van der Waals surface area (Å²) < 4.78 is 0. The summed E-state index contributed by atoms with van der Waals surface area (Å²) in [5.74, 6) is -0.0768. The van der Waals surface area contributed by atoms with Gasteiger partial charge in [0, 0.05) is 26.3 Å². The van der Waals surface area contributed by atoms with Crippen molar-refractivity contribution < 1.29 is 4.79 Å². The van der Waals surface area contributed by atoms with Gasteiger partial charge in [0.25, 0.3) is 5.91 Å². The van der Waals surface area contributed by atoms with E-state index in [-0.39, 0.29) is 5.91 Å². The molecule has 0 spiro atoms. The topological polar surface area (TPSA) is 32.3 Å². The highest BCUT2D eigenvalue weighted by Crippen LogP contribution is 2.21. The SMILES string of the molecule is CCCNc1ccc(C(=O)N(C)C)c(Cl)c1. The number of carbonyl (C=O) groups excluding carboxylic acids is 1. The fraction of sp³-hybridized carbons (Fsp3) is 0.417. The summed E-state index contributed by atoms with van der Waals surface area (Å²) in [6, 6.07) is 5.41. The van der Waals surface area contributed by atoms with Crippen molar-refractivity contribution in [2.75, 3.05) is 26.0 Å². The van der Waals surface area contributed by atoms with E-state index in [0.29, 0.717) is 10.6 Å². The molecule has 0 bridgehead atoms. The summed E-state index contributed by atoms with van der Waals surface area (Å²) in [4.78, 5) is 13.2. The molecule has 1 aromatic carbocycles. The molecule has 0 fully saturated rings. The van der Waals surface area contributed by atoms with Crippen molar-refractivity contribution >= 4 is 23.2 Å². The third-order valence-electron chi connectivity index (χ3n) is 2.18. The van der Waals surface area contributed by atoms with Gasteiger partial charge in [-0.05, 0) is 24.6 Å². The van der Waals surface area contributed by atoms with Crippen molar-refractivity contribution in [3.8, 4) is 0 Å². The zero-order valence-corrected chi connectivity index (χ0v) is 10.6. The summed E-state index contributed by atoms with van der Waals surface area (Å²) in [6.07, 6.45) is 1.05. The van der Waals surface area contributed by atoms with Crippen LogP contribution in [0.5, 0.6) is 0 Å². The Bertz CT molecular complexity index is 377. The number of amides is 1. The molecule has 0 saturated heterocycles. The molecule has 88 valence electrons. The van der Waals surface area contributed by atoms with Gasteiger partial charge in [-0.15, -0.1) is 0 Å². The van der Waals surface area contributed by atoms with Gasteiger partial charge in [-0.1, -0.05) is 18.5 Å². The summed E-state index contributed by atoms with van der Waals surface area (Å²) in [5, 5.41) is 3.71. The van der Waals surface area contributed by atoms with E-state index in [2.05, 4.69) is 12.2 Å². The van der Waals surface area contributed by atoms with Gasteiger partial charge in [0.05, 0.1) is 10.6 Å². The third-order valence-corrected chi connectivity index (χ3v) is 2.50. The predicted molar refractivity (Wildman–Crippen MR) is 68.3 cm³/mol. The standard InChI is InChI=1S/C12H17ClN2O/c1-4-7-14-9-5-6-10(11(13)8-9)12(16)15(2)3/h5-6,8,14H,4,7H2,1-3H3. The van der Waals surface area contributed by atoms with Crippen LogP contribution in [0.25, 0.3) is 0 Å². The van der Waals surface area contributed by atoms with Gasteiger partial charge in [-0.3, -0.25) is 4.79 Å². The second kappa shape index (κ2) is 5.75. The lowest BCUT2D eigenvalue weighted by atomic mass is 10.2. The first-order valence-electron chi connectivity index (χ1n) is 5.31. The molecule has 0 saturated carbocycles. The Labute approximate surface area is 101 Å². The van der Waals surface area contributed by atoms with Crippen molar-refractivity contribution in [2.24, 2.45) is 0 Å². The zero-order chi connectivity index (χ0) is 12.1. The summed E-state index contributed by atoms with van der Waals surface area (Å²) in [7, 11) is 3.42. The number of benzene rings is 1. The Hall–Kier alpha value is -1.22. The fourth-order valence-corrected chi connectivity index (χ4v) is 1.57. The van der Waals surface area contributed by atoms with Crippen LogP contribution in [0.3, 0.4) is 0 Å². The minimum absolute atomic E-state index is 0.0768. The van der Waals surface area contributed by atoms with E-state index in [1.165, 1.54) is 4.90 Å². The number of nitrogens with zero attached hydrogens (tertiary/aromatic N) is 1. The van der Waals surface area contributed by atoms with Gasteiger partial charge < -0.3 is 10.2 Å². The first-order chi connectivity index (χ1) is 7.56. The molecule has 0 aliphatic rings. The predicted octanol–water partition coefficient (Wildman–Crippen LogP) is 2.86. The van der Waals surface area contributed by atoms with Crippen LogP contribution >= 0.6 is 11.6 Å². The first kappa shape index (κ1) is 12.8. The Kier molecular flexibility index (Phi) is 4.62. The van der Waals surface area contributed by atoms with Gasteiger partial charge in [-0.2, -0.15) is 0 Å². The largest absolute Gasteiger partial charge is 0.385 e. The maximum Gasteiger partial charge on any atom is 0.254 e. The maximum absolute atomic E-state index is 11.7. The quantitative estimate of drug-likeness (QED) is 0.878. The lowest BCUT2D eigenvalue weighted by molar-refractivity contribution is 0.0828. The van der Waals surface area contributed by atoms with Gasteiger partial charge in [0.1, 0.15) is 0 Å². The minimum atomic E-state index is -0.0768. The van der Waals surface area contributed by atoms with E-state index in [9.17, 15) is 4.79 Å². The van der Waals surface area contributed by atoms with E-state index in [1.807, 2.05) is 6.07 Å². The number of halogens is 1. The van der Waals surface area contributed by atoms with Crippen LogP contribution in [0, 0.1) is 0 Å². The summed E-state index contributed by atoms with van der Waals surface area (Å²) in [5.41, 5.74) is 1.48. The number of hydrogen-bond donors (Lipinski definition) is 1.